The Labute approximate surface area is 118 Å². The monoisotopic (exact) mass is 270 g/mol. The molecule has 1 aromatic heterocycles. The molecule has 2 unspecified atom stereocenters. The third-order valence-corrected chi connectivity index (χ3v) is 4.22. The van der Waals surface area contributed by atoms with Crippen LogP contribution in [0.2, 0.25) is 0 Å². The van der Waals surface area contributed by atoms with Gasteiger partial charge in [0.25, 0.3) is 0 Å². The summed E-state index contributed by atoms with van der Waals surface area (Å²) >= 11 is 0. The normalized spacial score (nSPS) is 28.1. The number of nitrogens with two attached hydrogens (primary N) is 1. The van der Waals surface area contributed by atoms with E-state index in [1.807, 2.05) is 12.3 Å². The van der Waals surface area contributed by atoms with Gasteiger partial charge >= 0.3 is 0 Å². The molecule has 0 aliphatic heterocycles. The highest BCUT2D eigenvalue weighted by Crippen LogP contribution is 2.45. The van der Waals surface area contributed by atoms with E-state index in [4.69, 9.17) is 11.0 Å². The van der Waals surface area contributed by atoms with Crippen LogP contribution in [0, 0.1) is 23.3 Å². The van der Waals surface area contributed by atoms with Crippen molar-refractivity contribution in [3.05, 3.63) is 18.3 Å². The summed E-state index contributed by atoms with van der Waals surface area (Å²) in [6, 6.07) is 3.86. The van der Waals surface area contributed by atoms with E-state index in [9.17, 15) is 0 Å². The van der Waals surface area contributed by atoms with Crippen molar-refractivity contribution in [2.24, 2.45) is 16.8 Å². The number of anilines is 2. The predicted molar refractivity (Wildman–Crippen MR) is 77.7 cm³/mol. The molecule has 3 rings (SSSR count). The fourth-order valence-electron chi connectivity index (χ4n) is 3.30. The molecule has 3 atom stereocenters. The van der Waals surface area contributed by atoms with Gasteiger partial charge in [-0.05, 0) is 43.2 Å². The molecule has 6 heteroatoms. The molecule has 1 heterocycles. The number of aliphatic imine (C=N–C) groups is 1. The Morgan fingerprint density at radius 1 is 1.40 bits per heavy atom. The van der Waals surface area contributed by atoms with Crippen molar-refractivity contribution in [1.29, 1.82) is 5.26 Å². The van der Waals surface area contributed by atoms with Crippen LogP contribution in [0.3, 0.4) is 0 Å². The fourth-order valence-corrected chi connectivity index (χ4v) is 3.30. The maximum absolute atomic E-state index is 8.85. The van der Waals surface area contributed by atoms with E-state index in [0.29, 0.717) is 23.7 Å². The summed E-state index contributed by atoms with van der Waals surface area (Å²) in [7, 11) is 0. The molecule has 2 saturated carbocycles. The van der Waals surface area contributed by atoms with Crippen LogP contribution >= 0.6 is 0 Å². The lowest BCUT2D eigenvalue weighted by Gasteiger charge is -2.19. The van der Waals surface area contributed by atoms with E-state index in [2.05, 4.69) is 20.6 Å². The maximum Gasteiger partial charge on any atom is 0.209 e. The van der Waals surface area contributed by atoms with Gasteiger partial charge in [0, 0.05) is 0 Å². The Bertz CT molecular complexity index is 544. The van der Waals surface area contributed by atoms with E-state index in [0.717, 1.165) is 18.0 Å². The van der Waals surface area contributed by atoms with Gasteiger partial charge in [0.2, 0.25) is 5.96 Å². The van der Waals surface area contributed by atoms with Gasteiger partial charge in [-0.2, -0.15) is 5.26 Å². The number of hydrogen-bond acceptors (Lipinski definition) is 4. The number of hydrogen-bond donors (Lipinski definition) is 3. The molecule has 20 heavy (non-hydrogen) atoms. The minimum Gasteiger partial charge on any atom is -0.384 e. The molecule has 1 aromatic rings. The van der Waals surface area contributed by atoms with Gasteiger partial charge in [-0.3, -0.25) is 5.32 Å². The van der Waals surface area contributed by atoms with Gasteiger partial charge in [0.1, 0.15) is 5.82 Å². The molecule has 2 fully saturated rings. The predicted octanol–water partition coefficient (Wildman–Crippen LogP) is 1.69. The zero-order valence-electron chi connectivity index (χ0n) is 11.2. The first kappa shape index (κ1) is 12.7. The Kier molecular flexibility index (Phi) is 3.42. The number of guanidine groups is 1. The molecule has 0 radical (unpaired) electrons. The molecule has 4 N–H and O–H groups in total. The lowest BCUT2D eigenvalue weighted by molar-refractivity contribution is 0.420. The van der Waals surface area contributed by atoms with E-state index in [1.165, 1.54) is 19.3 Å². The van der Waals surface area contributed by atoms with Crippen molar-refractivity contribution in [2.75, 3.05) is 11.1 Å². The highest BCUT2D eigenvalue weighted by atomic mass is 15.2. The molecule has 104 valence electrons. The second-order valence-electron chi connectivity index (χ2n) is 5.55. The number of rotatable bonds is 2. The molecule has 0 aromatic carbocycles. The number of nitrogen functional groups attached to an aromatic ring is 1. The molecule has 0 saturated heterocycles. The van der Waals surface area contributed by atoms with Crippen LogP contribution in [-0.4, -0.2) is 17.0 Å². The average molecular weight is 270 g/mol. The van der Waals surface area contributed by atoms with Crippen molar-refractivity contribution >= 4 is 17.5 Å². The minimum atomic E-state index is 0.332. The zero-order chi connectivity index (χ0) is 13.9. The lowest BCUT2D eigenvalue weighted by atomic mass is 9.96. The number of nitriles is 1. The first-order valence-corrected chi connectivity index (χ1v) is 6.96. The highest BCUT2D eigenvalue weighted by molar-refractivity contribution is 5.94. The number of nitrogens with one attached hydrogen (secondary N) is 2. The van der Waals surface area contributed by atoms with Gasteiger partial charge in [-0.1, -0.05) is 6.42 Å². The Hall–Kier alpha value is -2.29. The first-order valence-electron chi connectivity index (χ1n) is 6.96. The molecular formula is C14H18N6. The zero-order valence-corrected chi connectivity index (χ0v) is 11.2. The lowest BCUT2D eigenvalue weighted by Crippen LogP contribution is -2.30. The van der Waals surface area contributed by atoms with Gasteiger partial charge in [0.05, 0.1) is 17.9 Å². The third kappa shape index (κ3) is 2.67. The highest BCUT2D eigenvalue weighted by Gasteiger charge is 2.39. The molecule has 0 amide bonds. The van der Waals surface area contributed by atoms with Gasteiger partial charge in [0.15, 0.2) is 6.19 Å². The van der Waals surface area contributed by atoms with Gasteiger partial charge in [-0.25, -0.2) is 9.98 Å². The van der Waals surface area contributed by atoms with Crippen LogP contribution in [0.25, 0.3) is 0 Å². The number of pyridine rings is 1. The maximum atomic E-state index is 8.85. The van der Waals surface area contributed by atoms with Crippen molar-refractivity contribution in [3.8, 4) is 6.19 Å². The minimum absolute atomic E-state index is 0.332. The molecular weight excluding hydrogens is 252 g/mol. The van der Waals surface area contributed by atoms with Crippen molar-refractivity contribution in [2.45, 2.75) is 31.7 Å². The topological polar surface area (TPSA) is 99.1 Å². The van der Waals surface area contributed by atoms with E-state index >= 15 is 0 Å². The number of nitrogens with zero attached hydrogens (tertiary/aromatic N) is 3. The summed E-state index contributed by atoms with van der Waals surface area (Å²) in [4.78, 5) is 8.69. The van der Waals surface area contributed by atoms with Crippen molar-refractivity contribution in [3.63, 3.8) is 0 Å². The second-order valence-corrected chi connectivity index (χ2v) is 5.55. The molecule has 6 nitrogen and oxygen atoms in total. The van der Waals surface area contributed by atoms with Crippen LogP contribution < -0.4 is 16.4 Å². The number of aromatic nitrogens is 1. The van der Waals surface area contributed by atoms with Gasteiger partial charge in [-0.15, -0.1) is 0 Å². The summed E-state index contributed by atoms with van der Waals surface area (Å²) in [5, 5.41) is 14.6. The summed E-state index contributed by atoms with van der Waals surface area (Å²) in [5.41, 5.74) is 6.32. The van der Waals surface area contributed by atoms with E-state index in [1.54, 1.807) is 12.3 Å². The molecule has 2 aliphatic rings. The first-order chi connectivity index (χ1) is 9.74. The number of fused-ring (bicyclic) bond motifs is 2. The molecule has 2 aliphatic carbocycles. The second kappa shape index (κ2) is 5.37. The smallest absolute Gasteiger partial charge is 0.209 e. The van der Waals surface area contributed by atoms with Crippen LogP contribution in [0.1, 0.15) is 25.7 Å². The largest absolute Gasteiger partial charge is 0.384 e. The van der Waals surface area contributed by atoms with Crippen LogP contribution in [0.15, 0.2) is 23.3 Å². The van der Waals surface area contributed by atoms with E-state index in [-0.39, 0.29) is 0 Å². The standard InChI is InChI=1S/C14H18N6/c15-8-18-14(19-11-3-4-13(16)17-7-11)20-12-6-9-1-2-10(12)5-9/h3-4,7,9-10,12H,1-2,5-6H2,(H2,16,17)(H2,18,19,20)/t9?,10?,12-/m1/s1. The summed E-state index contributed by atoms with van der Waals surface area (Å²) in [5.74, 6) is 2.48. The average Bonchev–Trinajstić information content (AvgIpc) is 3.04. The quantitative estimate of drug-likeness (QED) is 0.329. The van der Waals surface area contributed by atoms with E-state index < -0.39 is 0 Å². The summed E-state index contributed by atoms with van der Waals surface area (Å²) in [6.07, 6.45) is 8.60. The Balaban J connectivity index is 1.72. The Morgan fingerprint density at radius 3 is 2.90 bits per heavy atom. The summed E-state index contributed by atoms with van der Waals surface area (Å²) in [6.45, 7) is 0. The van der Waals surface area contributed by atoms with Crippen molar-refractivity contribution in [1.82, 2.24) is 10.3 Å². The SMILES string of the molecule is N#CNC(=N[C@@H]1CC2CCC1C2)Nc1ccc(N)nc1. The fraction of sp³-hybridized carbons (Fsp3) is 0.500. The van der Waals surface area contributed by atoms with Crippen LogP contribution in [0.4, 0.5) is 11.5 Å². The van der Waals surface area contributed by atoms with Gasteiger partial charge < -0.3 is 11.1 Å². The van der Waals surface area contributed by atoms with Crippen LogP contribution in [-0.2, 0) is 0 Å². The Morgan fingerprint density at radius 2 is 2.30 bits per heavy atom. The molecule has 2 bridgehead atoms. The van der Waals surface area contributed by atoms with Crippen molar-refractivity contribution < 1.29 is 0 Å². The third-order valence-electron chi connectivity index (χ3n) is 4.22. The van der Waals surface area contributed by atoms with Crippen LogP contribution in [0.5, 0.6) is 0 Å². The molecule has 0 spiro atoms. The summed E-state index contributed by atoms with van der Waals surface area (Å²) < 4.78 is 0.